The summed E-state index contributed by atoms with van der Waals surface area (Å²) in [5.41, 5.74) is 0.660. The Morgan fingerprint density at radius 2 is 1.57 bits per heavy atom. The molecule has 1 N–H and O–H groups in total. The van der Waals surface area contributed by atoms with Crippen LogP contribution in [0.1, 0.15) is 5.56 Å². The van der Waals surface area contributed by atoms with E-state index in [-0.39, 0.29) is 11.4 Å². The van der Waals surface area contributed by atoms with Crippen molar-refractivity contribution in [2.24, 2.45) is 0 Å². The Morgan fingerprint density at radius 3 is 2.09 bits per heavy atom. The van der Waals surface area contributed by atoms with Gasteiger partial charge in [0.2, 0.25) is 10.0 Å². The standard InChI is InChI=1S/C14H11ClF3NO3S/c15-11-3-1-10(2-4-11)9-23(20,21)19-12-5-7-13(8-6-12)22-14(16,17)18/h1-8,19H,9H2. The van der Waals surface area contributed by atoms with Crippen LogP contribution in [0.15, 0.2) is 48.5 Å². The third-order valence-electron chi connectivity index (χ3n) is 2.63. The summed E-state index contributed by atoms with van der Waals surface area (Å²) in [5.74, 6) is -0.719. The predicted molar refractivity (Wildman–Crippen MR) is 80.8 cm³/mol. The third kappa shape index (κ3) is 5.99. The zero-order valence-electron chi connectivity index (χ0n) is 11.5. The number of hydrogen-bond acceptors (Lipinski definition) is 3. The smallest absolute Gasteiger partial charge is 0.406 e. The number of rotatable bonds is 5. The van der Waals surface area contributed by atoms with Crippen molar-refractivity contribution in [2.45, 2.75) is 12.1 Å². The fourth-order valence-electron chi connectivity index (χ4n) is 1.74. The van der Waals surface area contributed by atoms with Gasteiger partial charge in [-0.2, -0.15) is 0 Å². The Balaban J connectivity index is 2.04. The van der Waals surface area contributed by atoms with Crippen molar-refractivity contribution in [3.8, 4) is 5.75 Å². The fraction of sp³-hybridized carbons (Fsp3) is 0.143. The van der Waals surface area contributed by atoms with Crippen molar-refractivity contribution in [1.82, 2.24) is 0 Å². The summed E-state index contributed by atoms with van der Waals surface area (Å²) in [6, 6.07) is 10.7. The number of benzene rings is 2. The maximum atomic E-state index is 12.0. The summed E-state index contributed by atoms with van der Waals surface area (Å²) in [7, 11) is -3.70. The van der Waals surface area contributed by atoms with Crippen molar-refractivity contribution in [1.29, 1.82) is 0 Å². The van der Waals surface area contributed by atoms with Crippen LogP contribution in [0.2, 0.25) is 5.02 Å². The van der Waals surface area contributed by atoms with E-state index in [0.717, 1.165) is 12.1 Å². The highest BCUT2D eigenvalue weighted by Crippen LogP contribution is 2.24. The first kappa shape index (κ1) is 17.4. The maximum Gasteiger partial charge on any atom is 0.573 e. The average Bonchev–Trinajstić information content (AvgIpc) is 2.41. The van der Waals surface area contributed by atoms with Crippen LogP contribution < -0.4 is 9.46 Å². The number of nitrogens with one attached hydrogen (secondary N) is 1. The van der Waals surface area contributed by atoms with Gasteiger partial charge in [0.15, 0.2) is 0 Å². The van der Waals surface area contributed by atoms with Crippen molar-refractivity contribution >= 4 is 27.3 Å². The zero-order chi connectivity index (χ0) is 17.1. The van der Waals surface area contributed by atoms with Gasteiger partial charge in [-0.1, -0.05) is 23.7 Å². The zero-order valence-corrected chi connectivity index (χ0v) is 13.0. The Morgan fingerprint density at radius 1 is 1.00 bits per heavy atom. The normalized spacial score (nSPS) is 12.0. The summed E-state index contributed by atoms with van der Waals surface area (Å²) in [5, 5.41) is 0.486. The van der Waals surface area contributed by atoms with Crippen LogP contribution in [0, 0.1) is 0 Å². The fourth-order valence-corrected chi connectivity index (χ4v) is 3.06. The van der Waals surface area contributed by atoms with Crippen LogP contribution in [-0.2, 0) is 15.8 Å². The molecule has 23 heavy (non-hydrogen) atoms. The van der Waals surface area contributed by atoms with E-state index in [2.05, 4.69) is 9.46 Å². The lowest BCUT2D eigenvalue weighted by Crippen LogP contribution is -2.17. The van der Waals surface area contributed by atoms with Gasteiger partial charge in [-0.05, 0) is 42.0 Å². The quantitative estimate of drug-likeness (QED) is 0.864. The lowest BCUT2D eigenvalue weighted by molar-refractivity contribution is -0.274. The minimum atomic E-state index is -4.80. The lowest BCUT2D eigenvalue weighted by Gasteiger charge is -2.11. The summed E-state index contributed by atoms with van der Waals surface area (Å²) in [4.78, 5) is 0. The highest BCUT2D eigenvalue weighted by Gasteiger charge is 2.31. The molecular formula is C14H11ClF3NO3S. The number of sulfonamides is 1. The highest BCUT2D eigenvalue weighted by atomic mass is 35.5. The molecular weight excluding hydrogens is 355 g/mol. The molecule has 0 aliphatic carbocycles. The SMILES string of the molecule is O=S(=O)(Cc1ccc(Cl)cc1)Nc1ccc(OC(F)(F)F)cc1. The first-order chi connectivity index (χ1) is 10.6. The minimum absolute atomic E-state index is 0.133. The van der Waals surface area contributed by atoms with Gasteiger partial charge in [-0.15, -0.1) is 13.2 Å². The number of ether oxygens (including phenoxy) is 1. The van der Waals surface area contributed by atoms with Gasteiger partial charge in [0.05, 0.1) is 5.75 Å². The molecule has 0 spiro atoms. The molecule has 0 unspecified atom stereocenters. The molecule has 124 valence electrons. The molecule has 0 aliphatic heterocycles. The molecule has 0 aromatic heterocycles. The largest absolute Gasteiger partial charge is 0.573 e. The summed E-state index contributed by atoms with van der Waals surface area (Å²) >= 11 is 5.72. The molecule has 2 aromatic carbocycles. The molecule has 2 rings (SSSR count). The molecule has 2 aromatic rings. The van der Waals surface area contributed by atoms with Gasteiger partial charge in [0.25, 0.3) is 0 Å². The molecule has 0 amide bonds. The molecule has 0 fully saturated rings. The monoisotopic (exact) mass is 365 g/mol. The van der Waals surface area contributed by atoms with Gasteiger partial charge in [0, 0.05) is 10.7 Å². The van der Waals surface area contributed by atoms with E-state index in [9.17, 15) is 21.6 Å². The van der Waals surface area contributed by atoms with Crippen molar-refractivity contribution < 1.29 is 26.3 Å². The van der Waals surface area contributed by atoms with E-state index in [1.165, 1.54) is 12.1 Å². The second-order valence-corrected chi connectivity index (χ2v) is 6.72. The van der Waals surface area contributed by atoms with Crippen molar-refractivity contribution in [3.05, 3.63) is 59.1 Å². The number of hydrogen-bond donors (Lipinski definition) is 1. The minimum Gasteiger partial charge on any atom is -0.406 e. The molecule has 0 saturated carbocycles. The van der Waals surface area contributed by atoms with E-state index in [1.807, 2.05) is 0 Å². The second kappa shape index (κ2) is 6.67. The van der Waals surface area contributed by atoms with E-state index in [4.69, 9.17) is 11.6 Å². The molecule has 0 heterocycles. The van der Waals surface area contributed by atoms with Crippen LogP contribution in [0.5, 0.6) is 5.75 Å². The van der Waals surface area contributed by atoms with Gasteiger partial charge in [0.1, 0.15) is 5.75 Å². The number of halogens is 4. The molecule has 0 bridgehead atoms. The Labute approximate surface area is 135 Å². The predicted octanol–water partition coefficient (Wildman–Crippen LogP) is 4.18. The molecule has 0 atom stereocenters. The van der Waals surface area contributed by atoms with Crippen LogP contribution in [0.25, 0.3) is 0 Å². The summed E-state index contributed by atoms with van der Waals surface area (Å²) < 4.78 is 66.1. The van der Waals surface area contributed by atoms with Gasteiger partial charge >= 0.3 is 6.36 Å². The molecule has 4 nitrogen and oxygen atoms in total. The topological polar surface area (TPSA) is 55.4 Å². The van der Waals surface area contributed by atoms with Crippen LogP contribution in [-0.4, -0.2) is 14.8 Å². The summed E-state index contributed by atoms with van der Waals surface area (Å²) in [6.45, 7) is 0. The van der Waals surface area contributed by atoms with E-state index in [0.29, 0.717) is 10.6 Å². The van der Waals surface area contributed by atoms with Crippen LogP contribution in [0.3, 0.4) is 0 Å². The first-order valence-corrected chi connectivity index (χ1v) is 8.27. The van der Waals surface area contributed by atoms with Gasteiger partial charge in [-0.3, -0.25) is 4.72 Å². The van der Waals surface area contributed by atoms with Crippen LogP contribution in [0.4, 0.5) is 18.9 Å². The van der Waals surface area contributed by atoms with Gasteiger partial charge < -0.3 is 4.74 Å². The van der Waals surface area contributed by atoms with E-state index < -0.39 is 22.1 Å². The molecule has 0 aliphatic rings. The lowest BCUT2D eigenvalue weighted by atomic mass is 10.2. The Hall–Kier alpha value is -1.93. The Kier molecular flexibility index (Phi) is 5.06. The highest BCUT2D eigenvalue weighted by molar-refractivity contribution is 7.91. The molecule has 9 heteroatoms. The second-order valence-electron chi connectivity index (χ2n) is 4.56. The van der Waals surface area contributed by atoms with Crippen molar-refractivity contribution in [3.63, 3.8) is 0 Å². The van der Waals surface area contributed by atoms with E-state index >= 15 is 0 Å². The van der Waals surface area contributed by atoms with Crippen molar-refractivity contribution in [2.75, 3.05) is 4.72 Å². The molecule has 0 radical (unpaired) electrons. The summed E-state index contributed by atoms with van der Waals surface area (Å²) in [6.07, 6.45) is -4.80. The Bertz CT molecular complexity index is 759. The molecule has 0 saturated heterocycles. The first-order valence-electron chi connectivity index (χ1n) is 6.24. The van der Waals surface area contributed by atoms with Gasteiger partial charge in [-0.25, -0.2) is 8.42 Å². The van der Waals surface area contributed by atoms with Crippen LogP contribution >= 0.6 is 11.6 Å². The third-order valence-corrected chi connectivity index (χ3v) is 4.14. The maximum absolute atomic E-state index is 12.0. The average molecular weight is 366 g/mol. The number of alkyl halides is 3. The van der Waals surface area contributed by atoms with E-state index in [1.54, 1.807) is 24.3 Å². The number of anilines is 1.